The van der Waals surface area contributed by atoms with Crippen molar-refractivity contribution in [2.24, 2.45) is 5.73 Å². The van der Waals surface area contributed by atoms with Crippen LogP contribution in [-0.4, -0.2) is 31.1 Å². The standard InChI is InChI=1S/C8H12N2O3/c9-5-10-8(12)4-13-7-2-1-6(11)3-7/h1-2,7H,3-5,9H2,(H,10,12). The van der Waals surface area contributed by atoms with Crippen molar-refractivity contribution in [1.82, 2.24) is 5.32 Å². The number of ketones is 1. The topological polar surface area (TPSA) is 81.4 Å². The van der Waals surface area contributed by atoms with Gasteiger partial charge >= 0.3 is 0 Å². The number of carbonyl (C=O) groups is 2. The fourth-order valence-electron chi connectivity index (χ4n) is 1.01. The molecule has 0 aromatic carbocycles. The van der Waals surface area contributed by atoms with E-state index in [1.807, 2.05) is 0 Å². The molecule has 0 spiro atoms. The van der Waals surface area contributed by atoms with Crippen LogP contribution in [0.4, 0.5) is 0 Å². The van der Waals surface area contributed by atoms with Crippen LogP contribution in [0.2, 0.25) is 0 Å². The highest BCUT2D eigenvalue weighted by molar-refractivity contribution is 5.92. The lowest BCUT2D eigenvalue weighted by molar-refractivity contribution is -0.128. The van der Waals surface area contributed by atoms with Crippen molar-refractivity contribution in [2.75, 3.05) is 13.3 Å². The van der Waals surface area contributed by atoms with Gasteiger partial charge in [-0.15, -0.1) is 0 Å². The van der Waals surface area contributed by atoms with E-state index in [4.69, 9.17) is 10.5 Å². The molecule has 1 rings (SSSR count). The predicted molar refractivity (Wildman–Crippen MR) is 45.7 cm³/mol. The molecule has 0 aromatic heterocycles. The largest absolute Gasteiger partial charge is 0.364 e. The zero-order valence-electron chi connectivity index (χ0n) is 7.16. The van der Waals surface area contributed by atoms with E-state index >= 15 is 0 Å². The Hall–Kier alpha value is -1.20. The molecule has 0 radical (unpaired) electrons. The third kappa shape index (κ3) is 3.35. The molecule has 1 unspecified atom stereocenters. The number of hydrogen-bond donors (Lipinski definition) is 2. The van der Waals surface area contributed by atoms with Crippen LogP contribution in [0.5, 0.6) is 0 Å². The van der Waals surface area contributed by atoms with Crippen molar-refractivity contribution in [3.63, 3.8) is 0 Å². The molecule has 0 aliphatic heterocycles. The number of rotatable bonds is 4. The van der Waals surface area contributed by atoms with Gasteiger partial charge in [0.15, 0.2) is 5.78 Å². The first-order valence-corrected chi connectivity index (χ1v) is 4.02. The highest BCUT2D eigenvalue weighted by atomic mass is 16.5. The van der Waals surface area contributed by atoms with E-state index in [-0.39, 0.29) is 31.1 Å². The molecule has 0 saturated carbocycles. The maximum atomic E-state index is 10.9. The summed E-state index contributed by atoms with van der Waals surface area (Å²) in [6.45, 7) is 0.0428. The molecule has 0 heterocycles. The third-order valence-corrected chi connectivity index (χ3v) is 1.63. The maximum absolute atomic E-state index is 10.9. The van der Waals surface area contributed by atoms with Gasteiger partial charge in [-0.2, -0.15) is 0 Å². The molecule has 72 valence electrons. The molecular formula is C8H12N2O3. The second kappa shape index (κ2) is 4.74. The van der Waals surface area contributed by atoms with Gasteiger partial charge in [-0.3, -0.25) is 9.59 Å². The summed E-state index contributed by atoms with van der Waals surface area (Å²) >= 11 is 0. The summed E-state index contributed by atoms with van der Waals surface area (Å²) in [4.78, 5) is 21.6. The first-order valence-electron chi connectivity index (χ1n) is 4.02. The number of nitrogens with two attached hydrogens (primary N) is 1. The number of ether oxygens (including phenoxy) is 1. The Labute approximate surface area is 75.9 Å². The summed E-state index contributed by atoms with van der Waals surface area (Å²) in [7, 11) is 0. The SMILES string of the molecule is NCNC(=O)COC1C=CC(=O)C1. The van der Waals surface area contributed by atoms with Gasteiger partial charge in [-0.25, -0.2) is 0 Å². The first-order chi connectivity index (χ1) is 6.22. The van der Waals surface area contributed by atoms with E-state index in [2.05, 4.69) is 5.32 Å². The van der Waals surface area contributed by atoms with E-state index < -0.39 is 0 Å². The molecule has 0 aromatic rings. The number of allylic oxidation sites excluding steroid dienone is 1. The minimum atomic E-state index is -0.268. The smallest absolute Gasteiger partial charge is 0.247 e. The van der Waals surface area contributed by atoms with Crippen LogP contribution in [0.25, 0.3) is 0 Å². The molecular weight excluding hydrogens is 172 g/mol. The number of nitrogens with one attached hydrogen (secondary N) is 1. The summed E-state index contributed by atoms with van der Waals surface area (Å²) in [5.41, 5.74) is 5.08. The Bertz CT molecular complexity index is 238. The van der Waals surface area contributed by atoms with Crippen LogP contribution in [0.1, 0.15) is 6.42 Å². The minimum absolute atomic E-state index is 0.0317. The number of carbonyl (C=O) groups excluding carboxylic acids is 2. The molecule has 1 aliphatic rings. The predicted octanol–water partition coefficient (Wildman–Crippen LogP) is -1.07. The Morgan fingerprint density at radius 1 is 1.77 bits per heavy atom. The highest BCUT2D eigenvalue weighted by Crippen LogP contribution is 2.09. The van der Waals surface area contributed by atoms with Gasteiger partial charge < -0.3 is 15.8 Å². The Morgan fingerprint density at radius 2 is 2.54 bits per heavy atom. The van der Waals surface area contributed by atoms with Gasteiger partial charge in [0.25, 0.3) is 0 Å². The van der Waals surface area contributed by atoms with Crippen molar-refractivity contribution in [3.8, 4) is 0 Å². The van der Waals surface area contributed by atoms with Gasteiger partial charge in [-0.1, -0.05) is 6.08 Å². The third-order valence-electron chi connectivity index (χ3n) is 1.63. The van der Waals surface area contributed by atoms with Crippen LogP contribution in [0.3, 0.4) is 0 Å². The molecule has 3 N–H and O–H groups in total. The summed E-state index contributed by atoms with van der Waals surface area (Å²) in [6.07, 6.45) is 3.19. The second-order valence-corrected chi connectivity index (χ2v) is 2.68. The average Bonchev–Trinajstić information content (AvgIpc) is 2.49. The van der Waals surface area contributed by atoms with Crippen LogP contribution in [0, 0.1) is 0 Å². The van der Waals surface area contributed by atoms with Crippen LogP contribution >= 0.6 is 0 Å². The van der Waals surface area contributed by atoms with Crippen molar-refractivity contribution >= 4 is 11.7 Å². The van der Waals surface area contributed by atoms with Crippen LogP contribution in [-0.2, 0) is 14.3 Å². The molecule has 0 bridgehead atoms. The summed E-state index contributed by atoms with van der Waals surface area (Å²) < 4.78 is 5.11. The quantitative estimate of drug-likeness (QED) is 0.545. The fraction of sp³-hybridized carbons (Fsp3) is 0.500. The molecule has 5 nitrogen and oxygen atoms in total. The van der Waals surface area contributed by atoms with Gasteiger partial charge in [0.1, 0.15) is 6.61 Å². The Balaban J connectivity index is 2.16. The van der Waals surface area contributed by atoms with Gasteiger partial charge in [0.05, 0.1) is 12.8 Å². The van der Waals surface area contributed by atoms with Gasteiger partial charge in [-0.05, 0) is 6.08 Å². The van der Waals surface area contributed by atoms with Crippen molar-refractivity contribution in [3.05, 3.63) is 12.2 Å². The Kier molecular flexibility index (Phi) is 3.60. The fourth-order valence-corrected chi connectivity index (χ4v) is 1.01. The monoisotopic (exact) mass is 184 g/mol. The summed E-state index contributed by atoms with van der Waals surface area (Å²) in [5.74, 6) is -0.237. The molecule has 13 heavy (non-hydrogen) atoms. The maximum Gasteiger partial charge on any atom is 0.247 e. The van der Waals surface area contributed by atoms with Crippen molar-refractivity contribution in [1.29, 1.82) is 0 Å². The molecule has 1 atom stereocenters. The molecule has 0 fully saturated rings. The molecule has 5 heteroatoms. The Morgan fingerprint density at radius 3 is 3.08 bits per heavy atom. The highest BCUT2D eigenvalue weighted by Gasteiger charge is 2.16. The van der Waals surface area contributed by atoms with Crippen LogP contribution in [0.15, 0.2) is 12.2 Å². The van der Waals surface area contributed by atoms with E-state index in [1.54, 1.807) is 6.08 Å². The first kappa shape index (κ1) is 9.88. The normalized spacial score (nSPS) is 20.7. The minimum Gasteiger partial charge on any atom is -0.364 e. The molecule has 0 saturated heterocycles. The second-order valence-electron chi connectivity index (χ2n) is 2.68. The van der Waals surface area contributed by atoms with E-state index in [1.165, 1.54) is 6.08 Å². The zero-order valence-corrected chi connectivity index (χ0v) is 7.16. The van der Waals surface area contributed by atoms with Crippen LogP contribution < -0.4 is 11.1 Å². The van der Waals surface area contributed by atoms with Crippen molar-refractivity contribution < 1.29 is 14.3 Å². The van der Waals surface area contributed by atoms with E-state index in [0.717, 1.165) is 0 Å². The lowest BCUT2D eigenvalue weighted by atomic mass is 10.3. The lowest BCUT2D eigenvalue weighted by Gasteiger charge is -2.08. The number of hydrogen-bond acceptors (Lipinski definition) is 4. The summed E-state index contributed by atoms with van der Waals surface area (Å²) in [6, 6.07) is 0. The van der Waals surface area contributed by atoms with E-state index in [0.29, 0.717) is 6.42 Å². The van der Waals surface area contributed by atoms with Gasteiger partial charge in [0, 0.05) is 6.42 Å². The average molecular weight is 184 g/mol. The molecule has 1 aliphatic carbocycles. The molecule has 1 amide bonds. The van der Waals surface area contributed by atoms with Crippen molar-refractivity contribution in [2.45, 2.75) is 12.5 Å². The lowest BCUT2D eigenvalue weighted by Crippen LogP contribution is -2.33. The summed E-state index contributed by atoms with van der Waals surface area (Å²) in [5, 5.41) is 2.39. The number of amides is 1. The van der Waals surface area contributed by atoms with E-state index in [9.17, 15) is 9.59 Å². The zero-order chi connectivity index (χ0) is 9.68. The van der Waals surface area contributed by atoms with Gasteiger partial charge in [0.2, 0.25) is 5.91 Å².